The van der Waals surface area contributed by atoms with Gasteiger partial charge in [0.2, 0.25) is 0 Å². The van der Waals surface area contributed by atoms with Crippen LogP contribution in [0.25, 0.3) is 0 Å². The first kappa shape index (κ1) is 14.9. The second-order valence-corrected chi connectivity index (χ2v) is 4.54. The molecule has 0 amide bonds. The summed E-state index contributed by atoms with van der Waals surface area (Å²) in [6, 6.07) is 7.95. The van der Waals surface area contributed by atoms with Gasteiger partial charge in [0.15, 0.2) is 5.69 Å². The molecule has 0 fully saturated rings. The number of carbonyl (C=O) groups is 1. The maximum Gasteiger partial charge on any atom is 0.358 e. The van der Waals surface area contributed by atoms with Crippen molar-refractivity contribution < 1.29 is 13.9 Å². The molecular formula is C15H16FN3O2. The number of hydrogen-bond acceptors (Lipinski definition) is 5. The Morgan fingerprint density at radius 3 is 2.71 bits per heavy atom. The molecule has 1 aromatic carbocycles. The van der Waals surface area contributed by atoms with E-state index in [2.05, 4.69) is 20.3 Å². The second kappa shape index (κ2) is 6.78. The maximum absolute atomic E-state index is 13.0. The lowest BCUT2D eigenvalue weighted by Gasteiger charge is -2.08. The van der Waals surface area contributed by atoms with Gasteiger partial charge in [0.1, 0.15) is 11.6 Å². The van der Waals surface area contributed by atoms with Crippen LogP contribution in [0.5, 0.6) is 0 Å². The summed E-state index contributed by atoms with van der Waals surface area (Å²) >= 11 is 0. The lowest BCUT2D eigenvalue weighted by Crippen LogP contribution is -2.10. The van der Waals surface area contributed by atoms with Crippen LogP contribution in [-0.2, 0) is 11.2 Å². The molecule has 1 N–H and O–H groups in total. The van der Waals surface area contributed by atoms with Gasteiger partial charge in [0, 0.05) is 6.54 Å². The molecule has 0 aliphatic heterocycles. The van der Waals surface area contributed by atoms with Crippen molar-refractivity contribution in [3.63, 3.8) is 0 Å². The number of nitrogens with one attached hydrogen (secondary N) is 1. The molecule has 110 valence electrons. The average Bonchev–Trinajstić information content (AvgIpc) is 2.49. The minimum Gasteiger partial charge on any atom is -0.464 e. The number of halogens is 1. The van der Waals surface area contributed by atoms with Crippen LogP contribution in [-0.4, -0.2) is 29.8 Å². The summed E-state index contributed by atoms with van der Waals surface area (Å²) in [6.45, 7) is 2.52. The van der Waals surface area contributed by atoms with Gasteiger partial charge in [-0.3, -0.25) is 0 Å². The van der Waals surface area contributed by atoms with Crippen molar-refractivity contribution >= 4 is 11.8 Å². The van der Waals surface area contributed by atoms with E-state index in [-0.39, 0.29) is 11.5 Å². The lowest BCUT2D eigenvalue weighted by molar-refractivity contribution is 0.0593. The van der Waals surface area contributed by atoms with E-state index in [1.165, 1.54) is 19.2 Å². The number of benzene rings is 1. The molecule has 0 aliphatic rings. The summed E-state index contributed by atoms with van der Waals surface area (Å²) in [5.74, 6) is -0.174. The molecule has 6 heteroatoms. The molecular weight excluding hydrogens is 273 g/mol. The molecule has 5 nitrogen and oxygen atoms in total. The highest BCUT2D eigenvalue weighted by Gasteiger charge is 2.07. The first-order valence-corrected chi connectivity index (χ1v) is 6.51. The summed E-state index contributed by atoms with van der Waals surface area (Å²) in [6.07, 6.45) is 0.743. The average molecular weight is 289 g/mol. The van der Waals surface area contributed by atoms with Gasteiger partial charge in [-0.15, -0.1) is 10.2 Å². The summed E-state index contributed by atoms with van der Waals surface area (Å²) in [5, 5.41) is 10.8. The van der Waals surface area contributed by atoms with Crippen LogP contribution in [0, 0.1) is 12.7 Å². The van der Waals surface area contributed by atoms with Gasteiger partial charge in [0.05, 0.1) is 7.11 Å². The van der Waals surface area contributed by atoms with Crippen LogP contribution in [0.4, 0.5) is 10.2 Å². The van der Waals surface area contributed by atoms with E-state index in [1.807, 2.05) is 6.92 Å². The highest BCUT2D eigenvalue weighted by molar-refractivity contribution is 5.86. The van der Waals surface area contributed by atoms with Crippen molar-refractivity contribution in [1.82, 2.24) is 10.2 Å². The number of nitrogens with zero attached hydrogens (tertiary/aromatic N) is 2. The van der Waals surface area contributed by atoms with E-state index in [4.69, 9.17) is 0 Å². The molecule has 1 heterocycles. The Balaban J connectivity index is 1.90. The Morgan fingerprint density at radius 1 is 1.29 bits per heavy atom. The van der Waals surface area contributed by atoms with E-state index in [0.717, 1.165) is 17.5 Å². The van der Waals surface area contributed by atoms with E-state index in [0.29, 0.717) is 12.4 Å². The van der Waals surface area contributed by atoms with Crippen molar-refractivity contribution in [3.05, 3.63) is 53.0 Å². The first-order chi connectivity index (χ1) is 10.1. The van der Waals surface area contributed by atoms with E-state index >= 15 is 0 Å². The molecule has 0 spiro atoms. The number of aromatic nitrogens is 2. The van der Waals surface area contributed by atoms with Crippen LogP contribution >= 0.6 is 0 Å². The predicted molar refractivity (Wildman–Crippen MR) is 76.7 cm³/mol. The molecule has 2 aromatic rings. The number of rotatable bonds is 5. The minimum atomic E-state index is -0.518. The number of hydrogen-bond donors (Lipinski definition) is 1. The number of ether oxygens (including phenoxy) is 1. The molecule has 0 radical (unpaired) electrons. The zero-order chi connectivity index (χ0) is 15.2. The van der Waals surface area contributed by atoms with E-state index in [9.17, 15) is 9.18 Å². The fraction of sp³-hybridized carbons (Fsp3) is 0.267. The van der Waals surface area contributed by atoms with Gasteiger partial charge in [0.25, 0.3) is 0 Å². The fourth-order valence-corrected chi connectivity index (χ4v) is 1.91. The van der Waals surface area contributed by atoms with Crippen LogP contribution < -0.4 is 5.32 Å². The van der Waals surface area contributed by atoms with Crippen LogP contribution in [0.3, 0.4) is 0 Å². The summed E-state index contributed by atoms with van der Waals surface area (Å²) in [7, 11) is 1.29. The molecule has 1 aromatic heterocycles. The summed E-state index contributed by atoms with van der Waals surface area (Å²) in [5.41, 5.74) is 2.16. The zero-order valence-corrected chi connectivity index (χ0v) is 11.9. The smallest absolute Gasteiger partial charge is 0.358 e. The Kier molecular flexibility index (Phi) is 4.81. The van der Waals surface area contributed by atoms with Gasteiger partial charge in [-0.25, -0.2) is 9.18 Å². The molecule has 2 rings (SSSR count). The van der Waals surface area contributed by atoms with Gasteiger partial charge in [-0.05, 0) is 48.7 Å². The Hall–Kier alpha value is -2.50. The fourth-order valence-electron chi connectivity index (χ4n) is 1.91. The van der Waals surface area contributed by atoms with Crippen LogP contribution in [0.2, 0.25) is 0 Å². The van der Waals surface area contributed by atoms with Crippen molar-refractivity contribution in [3.8, 4) is 0 Å². The Morgan fingerprint density at radius 2 is 2.10 bits per heavy atom. The van der Waals surface area contributed by atoms with Crippen molar-refractivity contribution in [2.24, 2.45) is 0 Å². The zero-order valence-electron chi connectivity index (χ0n) is 11.9. The number of carbonyl (C=O) groups excluding carboxylic acids is 1. The van der Waals surface area contributed by atoms with E-state index in [1.54, 1.807) is 18.2 Å². The Labute approximate surface area is 122 Å². The number of aryl methyl sites for hydroxylation is 1. The molecule has 0 aliphatic carbocycles. The third kappa shape index (κ3) is 3.98. The monoisotopic (exact) mass is 289 g/mol. The topological polar surface area (TPSA) is 64.1 Å². The molecule has 0 saturated heterocycles. The normalized spacial score (nSPS) is 10.2. The third-order valence-electron chi connectivity index (χ3n) is 3.06. The van der Waals surface area contributed by atoms with E-state index < -0.39 is 5.97 Å². The number of anilines is 1. The van der Waals surface area contributed by atoms with Crippen molar-refractivity contribution in [2.45, 2.75) is 13.3 Å². The third-order valence-corrected chi connectivity index (χ3v) is 3.06. The number of esters is 1. The largest absolute Gasteiger partial charge is 0.464 e. The van der Waals surface area contributed by atoms with Gasteiger partial charge >= 0.3 is 5.97 Å². The van der Waals surface area contributed by atoms with Crippen LogP contribution in [0.1, 0.15) is 21.6 Å². The highest BCUT2D eigenvalue weighted by atomic mass is 19.1. The Bertz CT molecular complexity index is 629. The van der Waals surface area contributed by atoms with Crippen LogP contribution in [0.15, 0.2) is 30.3 Å². The van der Waals surface area contributed by atoms with Crippen molar-refractivity contribution in [2.75, 3.05) is 19.0 Å². The number of methoxy groups -OCH3 is 1. The maximum atomic E-state index is 13.0. The lowest BCUT2D eigenvalue weighted by atomic mass is 10.1. The molecule has 21 heavy (non-hydrogen) atoms. The molecule has 0 atom stereocenters. The van der Waals surface area contributed by atoms with Gasteiger partial charge in [-0.1, -0.05) is 6.07 Å². The highest BCUT2D eigenvalue weighted by Crippen LogP contribution is 2.11. The minimum absolute atomic E-state index is 0.164. The van der Waals surface area contributed by atoms with Gasteiger partial charge in [-0.2, -0.15) is 0 Å². The quantitative estimate of drug-likeness (QED) is 0.856. The SMILES string of the molecule is COC(=O)c1ccc(NCCc2ccc(F)cc2C)nn1. The molecule has 0 bridgehead atoms. The summed E-state index contributed by atoms with van der Waals surface area (Å²) < 4.78 is 17.5. The van der Waals surface area contributed by atoms with Gasteiger partial charge < -0.3 is 10.1 Å². The molecule has 0 saturated carbocycles. The summed E-state index contributed by atoms with van der Waals surface area (Å²) in [4.78, 5) is 11.2. The standard InChI is InChI=1S/C15H16FN3O2/c1-10-9-12(16)4-3-11(10)7-8-17-14-6-5-13(18-19-14)15(20)21-2/h3-6,9H,7-8H2,1-2H3,(H,17,19). The molecule has 0 unspecified atom stereocenters. The first-order valence-electron chi connectivity index (χ1n) is 6.51. The second-order valence-electron chi connectivity index (χ2n) is 4.54. The predicted octanol–water partition coefficient (Wildman–Crippen LogP) is 2.37. The van der Waals surface area contributed by atoms with Crippen molar-refractivity contribution in [1.29, 1.82) is 0 Å².